The predicted molar refractivity (Wildman–Crippen MR) is 122 cm³/mol. The first-order chi connectivity index (χ1) is 15.3. The second-order valence-corrected chi connectivity index (χ2v) is 8.44. The summed E-state index contributed by atoms with van der Waals surface area (Å²) in [4.78, 5) is 19.5. The minimum atomic E-state index is -0.373. The fraction of sp³-hybridized carbons (Fsp3) is 0.308. The van der Waals surface area contributed by atoms with E-state index in [9.17, 15) is 4.79 Å². The summed E-state index contributed by atoms with van der Waals surface area (Å²) in [7, 11) is 0. The smallest absolute Gasteiger partial charge is 0.411 e. The number of aromatic nitrogens is 1. The van der Waals surface area contributed by atoms with Gasteiger partial charge in [-0.25, -0.2) is 4.79 Å². The molecule has 6 rings (SSSR count). The monoisotopic (exact) mass is 413 g/mol. The van der Waals surface area contributed by atoms with Gasteiger partial charge in [-0.3, -0.25) is 15.2 Å². The Morgan fingerprint density at radius 2 is 1.71 bits per heavy atom. The van der Waals surface area contributed by atoms with Gasteiger partial charge in [-0.2, -0.15) is 0 Å². The van der Waals surface area contributed by atoms with Crippen molar-refractivity contribution in [3.05, 3.63) is 84.7 Å². The molecule has 3 fully saturated rings. The summed E-state index contributed by atoms with van der Waals surface area (Å²) in [5, 5.41) is 2.92. The van der Waals surface area contributed by atoms with Crippen LogP contribution in [-0.2, 0) is 11.2 Å². The Labute approximate surface area is 183 Å². The van der Waals surface area contributed by atoms with E-state index in [1.165, 1.54) is 5.56 Å². The van der Waals surface area contributed by atoms with E-state index in [1.54, 1.807) is 6.20 Å². The van der Waals surface area contributed by atoms with E-state index in [4.69, 9.17) is 4.74 Å². The van der Waals surface area contributed by atoms with Crippen LogP contribution in [0.25, 0.3) is 11.1 Å². The molecule has 2 bridgehead atoms. The van der Waals surface area contributed by atoms with Gasteiger partial charge in [0.2, 0.25) is 0 Å². The maximum Gasteiger partial charge on any atom is 0.411 e. The second-order valence-electron chi connectivity index (χ2n) is 8.44. The largest absolute Gasteiger partial charge is 0.444 e. The normalized spacial score (nSPS) is 24.5. The Morgan fingerprint density at radius 1 is 0.968 bits per heavy atom. The van der Waals surface area contributed by atoms with E-state index in [-0.39, 0.29) is 18.2 Å². The molecule has 4 heterocycles. The van der Waals surface area contributed by atoms with Crippen LogP contribution in [0.3, 0.4) is 0 Å². The number of piperidine rings is 3. The molecule has 158 valence electrons. The lowest BCUT2D eigenvalue weighted by atomic mass is 9.78. The SMILES string of the molecule is O=C(Nc1ccc(-c2ccccc2)cc1)O[C@@H]1C2CCN(CC2)[C@@H]1Cc1cccnc1. The zero-order valence-corrected chi connectivity index (χ0v) is 17.5. The van der Waals surface area contributed by atoms with Crippen molar-refractivity contribution >= 4 is 11.8 Å². The Kier molecular flexibility index (Phi) is 5.67. The number of nitrogens with one attached hydrogen (secondary N) is 1. The minimum absolute atomic E-state index is 0.0914. The third-order valence-corrected chi connectivity index (χ3v) is 6.54. The van der Waals surface area contributed by atoms with Gasteiger partial charge >= 0.3 is 6.09 Å². The highest BCUT2D eigenvalue weighted by Crippen LogP contribution is 2.36. The fourth-order valence-corrected chi connectivity index (χ4v) is 4.93. The quantitative estimate of drug-likeness (QED) is 0.639. The number of hydrogen-bond donors (Lipinski definition) is 1. The number of benzene rings is 2. The van der Waals surface area contributed by atoms with Crippen molar-refractivity contribution in [1.82, 2.24) is 9.88 Å². The number of carbonyl (C=O) groups is 1. The summed E-state index contributed by atoms with van der Waals surface area (Å²) in [6.45, 7) is 2.16. The van der Waals surface area contributed by atoms with Gasteiger partial charge < -0.3 is 4.74 Å². The number of ether oxygens (including phenoxy) is 1. The molecular formula is C26H27N3O2. The van der Waals surface area contributed by atoms with Crippen molar-refractivity contribution in [1.29, 1.82) is 0 Å². The number of pyridine rings is 1. The summed E-state index contributed by atoms with van der Waals surface area (Å²) < 4.78 is 6.02. The Balaban J connectivity index is 1.25. The first kappa shape index (κ1) is 19.8. The van der Waals surface area contributed by atoms with Crippen LogP contribution in [-0.4, -0.2) is 41.2 Å². The second kappa shape index (κ2) is 8.90. The van der Waals surface area contributed by atoms with E-state index < -0.39 is 0 Å². The van der Waals surface area contributed by atoms with Gasteiger partial charge in [-0.15, -0.1) is 0 Å². The Morgan fingerprint density at radius 3 is 2.42 bits per heavy atom. The third kappa shape index (κ3) is 4.47. The number of carbonyl (C=O) groups excluding carboxylic acids is 1. The lowest BCUT2D eigenvalue weighted by molar-refractivity contribution is -0.0741. The van der Waals surface area contributed by atoms with Gasteiger partial charge in [0.1, 0.15) is 6.10 Å². The van der Waals surface area contributed by atoms with E-state index in [0.717, 1.165) is 49.2 Å². The number of fused-ring (bicyclic) bond motifs is 3. The molecule has 1 aromatic heterocycles. The van der Waals surface area contributed by atoms with Crippen molar-refractivity contribution < 1.29 is 9.53 Å². The Bertz CT molecular complexity index is 1000. The maximum absolute atomic E-state index is 12.7. The number of rotatable bonds is 5. The fourth-order valence-electron chi connectivity index (χ4n) is 4.93. The molecule has 0 unspecified atom stereocenters. The lowest BCUT2D eigenvalue weighted by Crippen LogP contribution is -2.60. The van der Waals surface area contributed by atoms with Gasteiger partial charge in [-0.05, 0) is 67.2 Å². The highest BCUT2D eigenvalue weighted by atomic mass is 16.6. The number of amides is 1. The average molecular weight is 414 g/mol. The highest BCUT2D eigenvalue weighted by Gasteiger charge is 2.44. The summed E-state index contributed by atoms with van der Waals surface area (Å²) in [5.74, 6) is 0.429. The van der Waals surface area contributed by atoms with Gasteiger partial charge in [0.05, 0.1) is 6.04 Å². The van der Waals surface area contributed by atoms with E-state index in [0.29, 0.717) is 5.92 Å². The Hall–Kier alpha value is -3.18. The molecule has 0 radical (unpaired) electrons. The molecule has 3 saturated heterocycles. The van der Waals surface area contributed by atoms with E-state index in [1.807, 2.05) is 54.7 Å². The molecule has 5 heteroatoms. The van der Waals surface area contributed by atoms with Crippen LogP contribution in [0, 0.1) is 5.92 Å². The molecule has 2 atom stereocenters. The van der Waals surface area contributed by atoms with Crippen molar-refractivity contribution in [3.63, 3.8) is 0 Å². The topological polar surface area (TPSA) is 54.5 Å². The molecular weight excluding hydrogens is 386 g/mol. The molecule has 5 nitrogen and oxygen atoms in total. The number of nitrogens with zero attached hydrogens (tertiary/aromatic N) is 2. The molecule has 0 aliphatic carbocycles. The van der Waals surface area contributed by atoms with Gasteiger partial charge in [0.15, 0.2) is 0 Å². The van der Waals surface area contributed by atoms with Crippen LogP contribution < -0.4 is 5.32 Å². The molecule has 1 amide bonds. The molecule has 3 aliphatic heterocycles. The molecule has 2 aromatic carbocycles. The zero-order chi connectivity index (χ0) is 21.0. The molecule has 1 N–H and O–H groups in total. The van der Waals surface area contributed by atoms with Crippen LogP contribution in [0.15, 0.2) is 79.1 Å². The minimum Gasteiger partial charge on any atom is -0.444 e. The molecule has 31 heavy (non-hydrogen) atoms. The van der Waals surface area contributed by atoms with E-state index in [2.05, 4.69) is 33.4 Å². The number of anilines is 1. The van der Waals surface area contributed by atoms with Crippen LogP contribution in [0.1, 0.15) is 18.4 Å². The molecule has 3 aliphatic rings. The molecule has 0 saturated carbocycles. The van der Waals surface area contributed by atoms with Crippen molar-refractivity contribution in [2.75, 3.05) is 18.4 Å². The lowest BCUT2D eigenvalue weighted by Gasteiger charge is -2.50. The van der Waals surface area contributed by atoms with Crippen LogP contribution >= 0.6 is 0 Å². The van der Waals surface area contributed by atoms with Crippen LogP contribution in [0.4, 0.5) is 10.5 Å². The van der Waals surface area contributed by atoms with Crippen LogP contribution in [0.2, 0.25) is 0 Å². The predicted octanol–water partition coefficient (Wildman–Crippen LogP) is 5.00. The van der Waals surface area contributed by atoms with Crippen molar-refractivity contribution in [3.8, 4) is 11.1 Å². The summed E-state index contributed by atoms with van der Waals surface area (Å²) in [6.07, 6.45) is 6.28. The first-order valence-electron chi connectivity index (χ1n) is 11.0. The summed E-state index contributed by atoms with van der Waals surface area (Å²) >= 11 is 0. The average Bonchev–Trinajstić information content (AvgIpc) is 2.83. The molecule has 3 aromatic rings. The standard InChI is InChI=1S/C26H27N3O2/c30-26(28-23-10-8-21(9-11-23)20-6-2-1-3-7-20)31-25-22-12-15-29(16-13-22)24(25)17-19-5-4-14-27-18-19/h1-11,14,18,22,24-25H,12-13,15-17H2,(H,28,30)/t24-,25-/m1/s1. The third-order valence-electron chi connectivity index (χ3n) is 6.54. The first-order valence-corrected chi connectivity index (χ1v) is 11.0. The zero-order valence-electron chi connectivity index (χ0n) is 17.5. The van der Waals surface area contributed by atoms with E-state index >= 15 is 0 Å². The number of hydrogen-bond acceptors (Lipinski definition) is 4. The molecule has 0 spiro atoms. The maximum atomic E-state index is 12.7. The highest BCUT2D eigenvalue weighted by molar-refractivity contribution is 5.85. The van der Waals surface area contributed by atoms with Gasteiger partial charge in [0, 0.05) is 24.0 Å². The van der Waals surface area contributed by atoms with Gasteiger partial charge in [0.25, 0.3) is 0 Å². The summed E-state index contributed by atoms with van der Waals surface area (Å²) in [6, 6.07) is 22.4. The van der Waals surface area contributed by atoms with Gasteiger partial charge in [-0.1, -0.05) is 48.5 Å². The van der Waals surface area contributed by atoms with Crippen molar-refractivity contribution in [2.24, 2.45) is 5.92 Å². The van der Waals surface area contributed by atoms with Crippen molar-refractivity contribution in [2.45, 2.75) is 31.4 Å². The van der Waals surface area contributed by atoms with Crippen LogP contribution in [0.5, 0.6) is 0 Å². The summed E-state index contributed by atoms with van der Waals surface area (Å²) in [5.41, 5.74) is 4.20.